The number of rotatable bonds is 5. The molecule has 1 saturated heterocycles. The Morgan fingerprint density at radius 3 is 2.97 bits per heavy atom. The first-order chi connectivity index (χ1) is 13.9. The molecule has 4 heterocycles. The van der Waals surface area contributed by atoms with E-state index in [1.54, 1.807) is 22.7 Å². The number of alkyl halides is 2. The van der Waals surface area contributed by atoms with Crippen molar-refractivity contribution in [3.63, 3.8) is 0 Å². The third kappa shape index (κ3) is 3.86. The number of likely N-dealkylation sites (tertiary alicyclic amines) is 1. The number of aryl methyl sites for hydroxylation is 1. The van der Waals surface area contributed by atoms with Crippen molar-refractivity contribution in [3.05, 3.63) is 41.5 Å². The first-order valence-corrected chi connectivity index (χ1v) is 9.76. The summed E-state index contributed by atoms with van der Waals surface area (Å²) in [4.78, 5) is 19.0. The van der Waals surface area contributed by atoms with Crippen molar-refractivity contribution in [2.75, 3.05) is 13.1 Å². The third-order valence-corrected chi connectivity index (χ3v) is 5.54. The van der Waals surface area contributed by atoms with Crippen LogP contribution in [0.1, 0.15) is 61.5 Å². The van der Waals surface area contributed by atoms with Gasteiger partial charge in [-0.05, 0) is 38.8 Å². The van der Waals surface area contributed by atoms with Gasteiger partial charge in [0.25, 0.3) is 12.1 Å². The number of halogens is 2. The van der Waals surface area contributed by atoms with Crippen LogP contribution in [0.25, 0.3) is 11.1 Å². The number of carbonyl (C=O) groups excluding carboxylic acids is 1. The molecule has 0 bridgehead atoms. The Bertz CT molecular complexity index is 1000. The topological polar surface area (TPSA) is 77.0 Å². The van der Waals surface area contributed by atoms with Gasteiger partial charge in [-0.1, -0.05) is 5.16 Å². The largest absolute Gasteiger partial charge is 0.342 e. The average Bonchev–Trinajstić information content (AvgIpc) is 3.38. The molecule has 0 saturated carbocycles. The zero-order chi connectivity index (χ0) is 20.5. The number of pyridine rings is 1. The van der Waals surface area contributed by atoms with Gasteiger partial charge in [-0.3, -0.25) is 9.48 Å². The highest BCUT2D eigenvalue weighted by Gasteiger charge is 2.29. The zero-order valence-corrected chi connectivity index (χ0v) is 16.4. The summed E-state index contributed by atoms with van der Waals surface area (Å²) >= 11 is 0. The van der Waals surface area contributed by atoms with Gasteiger partial charge in [-0.25, -0.2) is 13.8 Å². The maximum absolute atomic E-state index is 13.6. The smallest absolute Gasteiger partial charge is 0.264 e. The van der Waals surface area contributed by atoms with E-state index in [-0.39, 0.29) is 34.5 Å². The third-order valence-electron chi connectivity index (χ3n) is 5.54. The molecule has 0 aliphatic carbocycles. The summed E-state index contributed by atoms with van der Waals surface area (Å²) in [5, 5.41) is 8.24. The summed E-state index contributed by atoms with van der Waals surface area (Å²) in [6.07, 6.45) is 2.80. The molecular formula is C20H23F2N5O2. The van der Waals surface area contributed by atoms with Crippen LogP contribution in [0.2, 0.25) is 0 Å². The Morgan fingerprint density at radius 2 is 2.24 bits per heavy atom. The molecule has 1 amide bonds. The van der Waals surface area contributed by atoms with E-state index in [1.807, 2.05) is 19.2 Å². The zero-order valence-electron chi connectivity index (χ0n) is 16.4. The van der Waals surface area contributed by atoms with Crippen LogP contribution in [-0.2, 0) is 4.79 Å². The second-order valence-electron chi connectivity index (χ2n) is 7.60. The van der Waals surface area contributed by atoms with Crippen molar-refractivity contribution in [3.8, 4) is 0 Å². The highest BCUT2D eigenvalue weighted by molar-refractivity contribution is 5.80. The summed E-state index contributed by atoms with van der Waals surface area (Å²) in [7, 11) is 0. The number of carbonyl (C=O) groups is 1. The van der Waals surface area contributed by atoms with E-state index in [0.29, 0.717) is 30.9 Å². The maximum Gasteiger partial charge on any atom is 0.264 e. The van der Waals surface area contributed by atoms with Gasteiger partial charge in [0.15, 0.2) is 0 Å². The summed E-state index contributed by atoms with van der Waals surface area (Å²) in [6.45, 7) is 4.69. The van der Waals surface area contributed by atoms with E-state index < -0.39 is 6.43 Å². The summed E-state index contributed by atoms with van der Waals surface area (Å²) in [6, 6.07) is 3.23. The average molecular weight is 403 g/mol. The van der Waals surface area contributed by atoms with Crippen LogP contribution in [0.3, 0.4) is 0 Å². The second kappa shape index (κ2) is 7.88. The number of amides is 1. The van der Waals surface area contributed by atoms with Crippen molar-refractivity contribution < 1.29 is 18.1 Å². The molecule has 1 aliphatic rings. The lowest BCUT2D eigenvalue weighted by Gasteiger charge is -2.33. The summed E-state index contributed by atoms with van der Waals surface area (Å²) in [5.41, 5.74) is 0.953. The van der Waals surface area contributed by atoms with E-state index in [4.69, 9.17) is 4.52 Å². The van der Waals surface area contributed by atoms with Crippen LogP contribution in [-0.4, -0.2) is 43.8 Å². The van der Waals surface area contributed by atoms with Gasteiger partial charge in [-0.15, -0.1) is 0 Å². The molecular weight excluding hydrogens is 380 g/mol. The maximum atomic E-state index is 13.6. The van der Waals surface area contributed by atoms with Crippen LogP contribution < -0.4 is 0 Å². The Hall–Kier alpha value is -2.84. The minimum absolute atomic E-state index is 0.0309. The number of fused-ring (bicyclic) bond motifs is 1. The number of piperidine rings is 1. The van der Waals surface area contributed by atoms with Crippen LogP contribution in [0, 0.1) is 6.92 Å². The van der Waals surface area contributed by atoms with Crippen molar-refractivity contribution in [2.24, 2.45) is 0 Å². The Morgan fingerprint density at radius 1 is 1.41 bits per heavy atom. The van der Waals surface area contributed by atoms with Gasteiger partial charge >= 0.3 is 0 Å². The van der Waals surface area contributed by atoms with E-state index in [0.717, 1.165) is 12.8 Å². The molecule has 0 aromatic carbocycles. The molecule has 0 unspecified atom stereocenters. The van der Waals surface area contributed by atoms with Crippen molar-refractivity contribution in [2.45, 2.75) is 51.5 Å². The molecule has 1 aliphatic heterocycles. The van der Waals surface area contributed by atoms with Gasteiger partial charge in [-0.2, -0.15) is 5.10 Å². The molecule has 2 atom stereocenters. The molecule has 1 fully saturated rings. The highest BCUT2D eigenvalue weighted by atomic mass is 19.3. The van der Waals surface area contributed by atoms with Crippen molar-refractivity contribution in [1.29, 1.82) is 0 Å². The van der Waals surface area contributed by atoms with E-state index >= 15 is 0 Å². The Kier molecular flexibility index (Phi) is 5.29. The fraction of sp³-hybridized carbons (Fsp3) is 0.500. The van der Waals surface area contributed by atoms with E-state index in [9.17, 15) is 13.6 Å². The quantitative estimate of drug-likeness (QED) is 0.643. The van der Waals surface area contributed by atoms with Crippen LogP contribution >= 0.6 is 0 Å². The van der Waals surface area contributed by atoms with Crippen LogP contribution in [0.15, 0.2) is 29.0 Å². The number of aromatic nitrogens is 4. The van der Waals surface area contributed by atoms with Gasteiger partial charge < -0.3 is 9.42 Å². The van der Waals surface area contributed by atoms with Crippen LogP contribution in [0.5, 0.6) is 0 Å². The SMILES string of the molecule is Cc1noc2nc([C@@H]3CCCN(C(=O)C[C@@H](C)n4cccn4)C3)cc(C(F)F)c12. The highest BCUT2D eigenvalue weighted by Crippen LogP contribution is 2.34. The first-order valence-electron chi connectivity index (χ1n) is 9.76. The predicted octanol–water partition coefficient (Wildman–Crippen LogP) is 4.02. The van der Waals surface area contributed by atoms with E-state index in [1.165, 1.54) is 6.07 Å². The van der Waals surface area contributed by atoms with Crippen molar-refractivity contribution >= 4 is 17.0 Å². The van der Waals surface area contributed by atoms with Gasteiger partial charge in [0.05, 0.1) is 17.1 Å². The monoisotopic (exact) mass is 403 g/mol. The lowest BCUT2D eigenvalue weighted by atomic mass is 9.92. The number of hydrogen-bond acceptors (Lipinski definition) is 5. The van der Waals surface area contributed by atoms with Crippen LogP contribution in [0.4, 0.5) is 8.78 Å². The lowest BCUT2D eigenvalue weighted by molar-refractivity contribution is -0.133. The van der Waals surface area contributed by atoms with Crippen molar-refractivity contribution in [1.82, 2.24) is 24.8 Å². The minimum atomic E-state index is -2.64. The van der Waals surface area contributed by atoms with Gasteiger partial charge in [0, 0.05) is 49.1 Å². The minimum Gasteiger partial charge on any atom is -0.342 e. The van der Waals surface area contributed by atoms with E-state index in [2.05, 4.69) is 15.2 Å². The molecule has 7 nitrogen and oxygen atoms in total. The molecule has 4 rings (SSSR count). The molecule has 0 N–H and O–H groups in total. The number of nitrogens with zero attached hydrogens (tertiary/aromatic N) is 5. The molecule has 3 aromatic heterocycles. The first kappa shape index (κ1) is 19.5. The molecule has 29 heavy (non-hydrogen) atoms. The fourth-order valence-corrected chi connectivity index (χ4v) is 3.99. The lowest BCUT2D eigenvalue weighted by Crippen LogP contribution is -2.40. The summed E-state index contributed by atoms with van der Waals surface area (Å²) in [5.74, 6) is -0.0802. The molecule has 154 valence electrons. The normalized spacial score (nSPS) is 18.5. The second-order valence-corrected chi connectivity index (χ2v) is 7.60. The standard InChI is InChI=1S/C20H23F2N5O2/c1-12(27-8-4-6-23-27)9-17(28)26-7-3-5-14(11-26)16-10-15(19(21)22)18-13(2)25-29-20(18)24-16/h4,6,8,10,12,14,19H,3,5,7,9,11H2,1-2H3/t12-,14-/m1/s1. The van der Waals surface area contributed by atoms with Gasteiger partial charge in [0.2, 0.25) is 5.91 Å². The predicted molar refractivity (Wildman–Crippen MR) is 102 cm³/mol. The fourth-order valence-electron chi connectivity index (χ4n) is 3.99. The Balaban J connectivity index is 1.53. The molecule has 0 spiro atoms. The summed E-state index contributed by atoms with van der Waals surface area (Å²) < 4.78 is 34.1. The number of hydrogen-bond donors (Lipinski definition) is 0. The Labute approximate surface area is 166 Å². The van der Waals surface area contributed by atoms with Gasteiger partial charge in [0.1, 0.15) is 0 Å². The molecule has 0 radical (unpaired) electrons. The molecule has 3 aromatic rings. The molecule has 9 heteroatoms.